The summed E-state index contributed by atoms with van der Waals surface area (Å²) in [4.78, 5) is 23.6. The van der Waals surface area contributed by atoms with Gasteiger partial charge in [0.05, 0.1) is 5.56 Å². The van der Waals surface area contributed by atoms with Crippen molar-refractivity contribution in [1.29, 1.82) is 0 Å². The number of rotatable bonds is 2. The lowest BCUT2D eigenvalue weighted by atomic mass is 10.2. The lowest BCUT2D eigenvalue weighted by Crippen LogP contribution is -2.24. The number of carbonyl (C=O) groups is 2. The van der Waals surface area contributed by atoms with Crippen molar-refractivity contribution in [3.8, 4) is 0 Å². The van der Waals surface area contributed by atoms with E-state index in [0.717, 1.165) is 12.1 Å². The molecule has 0 spiro atoms. The Balaban J connectivity index is 2.32. The first-order valence-electron chi connectivity index (χ1n) is 5.00. The van der Waals surface area contributed by atoms with Crippen molar-refractivity contribution in [3.63, 3.8) is 0 Å². The molecule has 0 aromatic heterocycles. The number of amides is 1. The number of thiol groups is 1. The summed E-state index contributed by atoms with van der Waals surface area (Å²) in [5.41, 5.74) is -0.0307. The van der Waals surface area contributed by atoms with Crippen molar-refractivity contribution in [2.45, 2.75) is 11.7 Å². The minimum absolute atomic E-state index is 0.0651. The maximum Gasteiger partial charge on any atom is 0.338 e. The molecule has 1 aliphatic rings. The highest BCUT2D eigenvalue weighted by molar-refractivity contribution is 7.81. The molecule has 90 valence electrons. The van der Waals surface area contributed by atoms with Gasteiger partial charge in [0.25, 0.3) is 0 Å². The van der Waals surface area contributed by atoms with E-state index in [1.807, 2.05) is 0 Å². The zero-order chi connectivity index (χ0) is 12.6. The highest BCUT2D eigenvalue weighted by Gasteiger charge is 2.28. The van der Waals surface area contributed by atoms with Crippen LogP contribution in [-0.2, 0) is 4.79 Å². The maximum atomic E-state index is 13.4. The largest absolute Gasteiger partial charge is 0.478 e. The highest BCUT2D eigenvalue weighted by atomic mass is 32.1. The van der Waals surface area contributed by atoms with Gasteiger partial charge in [-0.3, -0.25) is 4.79 Å². The van der Waals surface area contributed by atoms with Crippen LogP contribution in [0, 0.1) is 5.82 Å². The Morgan fingerprint density at radius 1 is 1.53 bits per heavy atom. The quantitative estimate of drug-likeness (QED) is 0.788. The molecule has 1 atom stereocenters. The van der Waals surface area contributed by atoms with Crippen molar-refractivity contribution >= 4 is 30.2 Å². The van der Waals surface area contributed by atoms with Crippen molar-refractivity contribution < 1.29 is 19.1 Å². The average molecular weight is 255 g/mol. The topological polar surface area (TPSA) is 57.6 Å². The van der Waals surface area contributed by atoms with Crippen LogP contribution < -0.4 is 4.90 Å². The monoisotopic (exact) mass is 255 g/mol. The molecule has 1 aromatic rings. The first-order chi connectivity index (χ1) is 7.99. The molecule has 1 aromatic carbocycles. The molecular formula is C11H10FNO3S. The summed E-state index contributed by atoms with van der Waals surface area (Å²) in [6, 6.07) is 3.65. The first kappa shape index (κ1) is 11.9. The van der Waals surface area contributed by atoms with Crippen LogP contribution >= 0.6 is 12.6 Å². The van der Waals surface area contributed by atoms with Crippen LogP contribution in [0.5, 0.6) is 0 Å². The SMILES string of the molecule is O=C(O)c1ccc(N2CC(S)CC2=O)cc1F. The minimum atomic E-state index is -1.33. The number of carbonyl (C=O) groups excluding carboxylic acids is 1. The van der Waals surface area contributed by atoms with E-state index in [2.05, 4.69) is 12.6 Å². The van der Waals surface area contributed by atoms with Gasteiger partial charge in [-0.1, -0.05) is 0 Å². The van der Waals surface area contributed by atoms with Crippen molar-refractivity contribution in [1.82, 2.24) is 0 Å². The van der Waals surface area contributed by atoms with E-state index in [9.17, 15) is 14.0 Å². The number of carboxylic acid groups (broad SMARTS) is 1. The fourth-order valence-electron chi connectivity index (χ4n) is 1.78. The van der Waals surface area contributed by atoms with E-state index >= 15 is 0 Å². The molecule has 0 aliphatic carbocycles. The van der Waals surface area contributed by atoms with E-state index in [-0.39, 0.29) is 11.2 Å². The molecule has 17 heavy (non-hydrogen) atoms. The molecule has 6 heteroatoms. The number of benzene rings is 1. The van der Waals surface area contributed by atoms with Gasteiger partial charge in [0.2, 0.25) is 5.91 Å². The normalized spacial score (nSPS) is 19.8. The molecule has 2 rings (SSSR count). The summed E-state index contributed by atoms with van der Waals surface area (Å²) in [7, 11) is 0. The third kappa shape index (κ3) is 2.26. The van der Waals surface area contributed by atoms with Crippen LogP contribution in [0.2, 0.25) is 0 Å². The Kier molecular flexibility index (Phi) is 3.06. The van der Waals surface area contributed by atoms with Gasteiger partial charge in [-0.25, -0.2) is 9.18 Å². The molecule has 1 aliphatic heterocycles. The number of hydrogen-bond donors (Lipinski definition) is 2. The van der Waals surface area contributed by atoms with Gasteiger partial charge in [-0.2, -0.15) is 12.6 Å². The highest BCUT2D eigenvalue weighted by Crippen LogP contribution is 2.25. The van der Waals surface area contributed by atoms with Gasteiger partial charge in [0, 0.05) is 23.9 Å². The molecule has 0 radical (unpaired) electrons. The van der Waals surface area contributed by atoms with Crippen molar-refractivity contribution in [2.24, 2.45) is 0 Å². The van der Waals surface area contributed by atoms with Crippen LogP contribution in [0.1, 0.15) is 16.8 Å². The lowest BCUT2D eigenvalue weighted by Gasteiger charge is -2.16. The van der Waals surface area contributed by atoms with E-state index in [4.69, 9.17) is 5.11 Å². The molecular weight excluding hydrogens is 245 g/mol. The number of anilines is 1. The van der Waals surface area contributed by atoms with E-state index in [1.165, 1.54) is 11.0 Å². The maximum absolute atomic E-state index is 13.4. The minimum Gasteiger partial charge on any atom is -0.478 e. The zero-order valence-electron chi connectivity index (χ0n) is 8.76. The fourth-order valence-corrected chi connectivity index (χ4v) is 2.10. The third-order valence-corrected chi connectivity index (χ3v) is 2.95. The van der Waals surface area contributed by atoms with Crippen LogP contribution in [-0.4, -0.2) is 28.8 Å². The van der Waals surface area contributed by atoms with Crippen LogP contribution in [0.25, 0.3) is 0 Å². The molecule has 0 bridgehead atoms. The number of aromatic carboxylic acids is 1. The molecule has 1 fully saturated rings. The fraction of sp³-hybridized carbons (Fsp3) is 0.273. The molecule has 0 saturated carbocycles. The predicted octanol–water partition coefficient (Wildman–Crippen LogP) is 1.56. The Morgan fingerprint density at radius 2 is 2.24 bits per heavy atom. The van der Waals surface area contributed by atoms with E-state index < -0.39 is 17.3 Å². The van der Waals surface area contributed by atoms with E-state index in [1.54, 1.807) is 0 Å². The summed E-state index contributed by atoms with van der Waals surface area (Å²) < 4.78 is 13.4. The zero-order valence-corrected chi connectivity index (χ0v) is 9.65. The summed E-state index contributed by atoms with van der Waals surface area (Å²) in [5, 5.41) is 8.62. The van der Waals surface area contributed by atoms with Crippen LogP contribution in [0.4, 0.5) is 10.1 Å². The summed E-state index contributed by atoms with van der Waals surface area (Å²) >= 11 is 4.19. The first-order valence-corrected chi connectivity index (χ1v) is 5.52. The summed E-state index contributed by atoms with van der Waals surface area (Å²) in [6.07, 6.45) is 0.311. The Morgan fingerprint density at radius 3 is 2.71 bits per heavy atom. The van der Waals surface area contributed by atoms with E-state index in [0.29, 0.717) is 18.7 Å². The smallest absolute Gasteiger partial charge is 0.338 e. The standard InChI is InChI=1S/C11H10FNO3S/c12-9-3-6(1-2-8(9)11(15)16)13-5-7(17)4-10(13)14/h1-3,7,17H,4-5H2,(H,15,16). The average Bonchev–Trinajstić information content (AvgIpc) is 2.57. The van der Waals surface area contributed by atoms with Gasteiger partial charge < -0.3 is 10.0 Å². The Labute approximate surface area is 102 Å². The molecule has 4 nitrogen and oxygen atoms in total. The van der Waals surface area contributed by atoms with Gasteiger partial charge in [0.15, 0.2) is 0 Å². The predicted molar refractivity (Wildman–Crippen MR) is 63.1 cm³/mol. The molecule has 1 N–H and O–H groups in total. The lowest BCUT2D eigenvalue weighted by molar-refractivity contribution is -0.117. The van der Waals surface area contributed by atoms with Crippen LogP contribution in [0.3, 0.4) is 0 Å². The number of hydrogen-bond acceptors (Lipinski definition) is 3. The second-order valence-corrected chi connectivity index (χ2v) is 4.56. The molecule has 1 amide bonds. The van der Waals surface area contributed by atoms with Gasteiger partial charge in [-0.05, 0) is 18.2 Å². The molecule has 1 unspecified atom stereocenters. The second kappa shape index (κ2) is 4.37. The number of halogens is 1. The summed E-state index contributed by atoms with van der Waals surface area (Å²) in [5.74, 6) is -2.30. The number of carboxylic acids is 1. The van der Waals surface area contributed by atoms with Gasteiger partial charge in [-0.15, -0.1) is 0 Å². The Bertz CT molecular complexity index is 492. The summed E-state index contributed by atoms with van der Waals surface area (Å²) in [6.45, 7) is 0.411. The van der Waals surface area contributed by atoms with Crippen molar-refractivity contribution in [2.75, 3.05) is 11.4 Å². The van der Waals surface area contributed by atoms with Gasteiger partial charge in [0.1, 0.15) is 5.82 Å². The van der Waals surface area contributed by atoms with Crippen LogP contribution in [0.15, 0.2) is 18.2 Å². The molecule has 1 heterocycles. The number of nitrogens with zero attached hydrogens (tertiary/aromatic N) is 1. The Hall–Kier alpha value is -1.56. The van der Waals surface area contributed by atoms with Gasteiger partial charge >= 0.3 is 5.97 Å². The van der Waals surface area contributed by atoms with Crippen molar-refractivity contribution in [3.05, 3.63) is 29.6 Å². The third-order valence-electron chi connectivity index (χ3n) is 2.60. The second-order valence-electron chi connectivity index (χ2n) is 3.83. The molecule has 1 saturated heterocycles.